The van der Waals surface area contributed by atoms with Gasteiger partial charge in [-0.05, 0) is 36.8 Å². The first-order valence-electron chi connectivity index (χ1n) is 9.03. The summed E-state index contributed by atoms with van der Waals surface area (Å²) >= 11 is 6.23. The number of aryl methyl sites for hydroxylation is 1. The average molecular weight is 381 g/mol. The lowest BCUT2D eigenvalue weighted by Gasteiger charge is -2.36. The van der Waals surface area contributed by atoms with Gasteiger partial charge >= 0.3 is 0 Å². The molecule has 27 heavy (non-hydrogen) atoms. The third kappa shape index (κ3) is 3.69. The van der Waals surface area contributed by atoms with Crippen molar-refractivity contribution in [3.8, 4) is 11.3 Å². The summed E-state index contributed by atoms with van der Waals surface area (Å²) in [5.41, 5.74) is 4.45. The van der Waals surface area contributed by atoms with Gasteiger partial charge in [-0.2, -0.15) is 5.10 Å². The molecule has 0 saturated carbocycles. The van der Waals surface area contributed by atoms with Gasteiger partial charge in [0.05, 0.1) is 10.7 Å². The Bertz CT molecular complexity index is 960. The molecule has 1 saturated heterocycles. The monoisotopic (exact) mass is 380 g/mol. The third-order valence-electron chi connectivity index (χ3n) is 4.89. The van der Waals surface area contributed by atoms with E-state index in [-0.39, 0.29) is 5.91 Å². The van der Waals surface area contributed by atoms with Crippen molar-refractivity contribution in [1.29, 1.82) is 0 Å². The van der Waals surface area contributed by atoms with Crippen molar-refractivity contribution in [3.63, 3.8) is 0 Å². The minimum absolute atomic E-state index is 0.0234. The van der Waals surface area contributed by atoms with Crippen LogP contribution in [0.4, 0.5) is 5.69 Å². The highest BCUT2D eigenvalue weighted by molar-refractivity contribution is 6.33. The molecule has 0 spiro atoms. The molecule has 1 fully saturated rings. The van der Waals surface area contributed by atoms with E-state index in [1.807, 2.05) is 29.2 Å². The van der Waals surface area contributed by atoms with Crippen molar-refractivity contribution in [2.24, 2.45) is 0 Å². The third-order valence-corrected chi connectivity index (χ3v) is 5.22. The van der Waals surface area contributed by atoms with Crippen molar-refractivity contribution in [2.45, 2.75) is 6.92 Å². The molecule has 138 valence electrons. The van der Waals surface area contributed by atoms with E-state index in [0.29, 0.717) is 29.5 Å². The Morgan fingerprint density at radius 2 is 1.81 bits per heavy atom. The van der Waals surface area contributed by atoms with Crippen LogP contribution < -0.4 is 4.90 Å². The topological polar surface area (TPSA) is 52.2 Å². The van der Waals surface area contributed by atoms with Crippen LogP contribution in [0.3, 0.4) is 0 Å². The molecule has 0 atom stereocenters. The Morgan fingerprint density at radius 3 is 2.56 bits per heavy atom. The quantitative estimate of drug-likeness (QED) is 0.747. The number of piperazine rings is 1. The van der Waals surface area contributed by atoms with E-state index in [0.717, 1.165) is 18.7 Å². The minimum atomic E-state index is -0.0234. The van der Waals surface area contributed by atoms with Crippen LogP contribution in [0, 0.1) is 6.92 Å². The van der Waals surface area contributed by atoms with Gasteiger partial charge in [-0.15, -0.1) is 0 Å². The SMILES string of the molecule is Cc1cccc(N2CCN(C(=O)c3cc(-c4ccccc4Cl)n[nH]3)CC2)c1. The molecule has 4 rings (SSSR count). The van der Waals surface area contributed by atoms with Crippen LogP contribution in [-0.4, -0.2) is 47.2 Å². The van der Waals surface area contributed by atoms with Crippen LogP contribution in [0.5, 0.6) is 0 Å². The zero-order chi connectivity index (χ0) is 18.8. The Labute approximate surface area is 163 Å². The second kappa shape index (κ2) is 7.45. The predicted octanol–water partition coefficient (Wildman–Crippen LogP) is 4.00. The second-order valence-electron chi connectivity index (χ2n) is 6.76. The summed E-state index contributed by atoms with van der Waals surface area (Å²) in [6, 6.07) is 17.7. The Kier molecular flexibility index (Phi) is 4.86. The molecule has 1 amide bonds. The molecule has 0 bridgehead atoms. The van der Waals surface area contributed by atoms with Gasteiger partial charge in [0.1, 0.15) is 5.69 Å². The average Bonchev–Trinajstić information content (AvgIpc) is 3.18. The fourth-order valence-corrected chi connectivity index (χ4v) is 3.63. The molecular formula is C21H21ClN4O. The Morgan fingerprint density at radius 1 is 1.04 bits per heavy atom. The van der Waals surface area contributed by atoms with Crippen LogP contribution in [-0.2, 0) is 0 Å². The first kappa shape index (κ1) is 17.6. The largest absolute Gasteiger partial charge is 0.368 e. The number of aromatic nitrogens is 2. The number of rotatable bonds is 3. The number of halogens is 1. The van der Waals surface area contributed by atoms with E-state index in [1.54, 1.807) is 6.07 Å². The summed E-state index contributed by atoms with van der Waals surface area (Å²) in [7, 11) is 0. The molecule has 2 heterocycles. The van der Waals surface area contributed by atoms with Crippen LogP contribution in [0.1, 0.15) is 16.1 Å². The zero-order valence-electron chi connectivity index (χ0n) is 15.2. The fourth-order valence-electron chi connectivity index (χ4n) is 3.40. The maximum atomic E-state index is 12.8. The van der Waals surface area contributed by atoms with Gasteiger partial charge < -0.3 is 9.80 Å². The highest BCUT2D eigenvalue weighted by Crippen LogP contribution is 2.26. The molecule has 6 heteroatoms. The number of aromatic amines is 1. The smallest absolute Gasteiger partial charge is 0.272 e. The van der Waals surface area contributed by atoms with Crippen LogP contribution in [0.15, 0.2) is 54.6 Å². The molecule has 0 radical (unpaired) electrons. The second-order valence-corrected chi connectivity index (χ2v) is 7.17. The van der Waals surface area contributed by atoms with E-state index in [2.05, 4.69) is 46.3 Å². The number of anilines is 1. The number of hydrogen-bond acceptors (Lipinski definition) is 3. The fraction of sp³-hybridized carbons (Fsp3) is 0.238. The van der Waals surface area contributed by atoms with Gasteiger partial charge in [0.2, 0.25) is 0 Å². The van der Waals surface area contributed by atoms with Gasteiger partial charge in [0.15, 0.2) is 0 Å². The van der Waals surface area contributed by atoms with Crippen molar-refractivity contribution < 1.29 is 4.79 Å². The van der Waals surface area contributed by atoms with Crippen molar-refractivity contribution >= 4 is 23.2 Å². The highest BCUT2D eigenvalue weighted by Gasteiger charge is 2.24. The van der Waals surface area contributed by atoms with Crippen LogP contribution >= 0.6 is 11.6 Å². The summed E-state index contributed by atoms with van der Waals surface area (Å²) < 4.78 is 0. The summed E-state index contributed by atoms with van der Waals surface area (Å²) in [5, 5.41) is 7.75. The van der Waals surface area contributed by atoms with Crippen molar-refractivity contribution in [3.05, 3.63) is 70.9 Å². The lowest BCUT2D eigenvalue weighted by molar-refractivity contribution is 0.0741. The number of hydrogen-bond donors (Lipinski definition) is 1. The number of carbonyl (C=O) groups is 1. The summed E-state index contributed by atoms with van der Waals surface area (Å²) in [5.74, 6) is -0.0234. The summed E-state index contributed by atoms with van der Waals surface area (Å²) in [4.78, 5) is 17.0. The Hall–Kier alpha value is -2.79. The van der Waals surface area contributed by atoms with Crippen molar-refractivity contribution in [2.75, 3.05) is 31.1 Å². The molecule has 1 aromatic heterocycles. The summed E-state index contributed by atoms with van der Waals surface area (Å²) in [6.07, 6.45) is 0. The molecule has 5 nitrogen and oxygen atoms in total. The normalized spacial score (nSPS) is 14.4. The van der Waals surface area contributed by atoms with Crippen molar-refractivity contribution in [1.82, 2.24) is 15.1 Å². The number of nitrogens with one attached hydrogen (secondary N) is 1. The maximum Gasteiger partial charge on any atom is 0.272 e. The van der Waals surface area contributed by atoms with Gasteiger partial charge in [0, 0.05) is 37.4 Å². The first-order chi connectivity index (χ1) is 13.1. The highest BCUT2D eigenvalue weighted by atomic mass is 35.5. The minimum Gasteiger partial charge on any atom is -0.368 e. The van der Waals surface area contributed by atoms with Gasteiger partial charge in [0.25, 0.3) is 5.91 Å². The lowest BCUT2D eigenvalue weighted by atomic mass is 10.1. The maximum absolute atomic E-state index is 12.8. The predicted molar refractivity (Wildman–Crippen MR) is 108 cm³/mol. The van der Waals surface area contributed by atoms with E-state index in [9.17, 15) is 4.79 Å². The van der Waals surface area contributed by atoms with Crippen LogP contribution in [0.25, 0.3) is 11.3 Å². The molecule has 1 N–H and O–H groups in total. The Balaban J connectivity index is 1.43. The standard InChI is InChI=1S/C21H21ClN4O/c1-15-5-4-6-16(13-15)25-9-11-26(12-10-25)21(27)20-14-19(23-24-20)17-7-2-3-8-18(17)22/h2-8,13-14H,9-12H2,1H3,(H,23,24). The summed E-state index contributed by atoms with van der Waals surface area (Å²) in [6.45, 7) is 5.11. The zero-order valence-corrected chi connectivity index (χ0v) is 15.9. The van der Waals surface area contributed by atoms with E-state index in [1.165, 1.54) is 11.3 Å². The molecule has 3 aromatic rings. The van der Waals surface area contributed by atoms with Gasteiger partial charge in [-0.3, -0.25) is 9.89 Å². The lowest BCUT2D eigenvalue weighted by Crippen LogP contribution is -2.48. The molecule has 1 aliphatic rings. The number of amides is 1. The van der Waals surface area contributed by atoms with Crippen LogP contribution in [0.2, 0.25) is 5.02 Å². The van der Waals surface area contributed by atoms with Gasteiger partial charge in [-0.1, -0.05) is 41.9 Å². The number of H-pyrrole nitrogens is 1. The van der Waals surface area contributed by atoms with E-state index >= 15 is 0 Å². The van der Waals surface area contributed by atoms with E-state index < -0.39 is 0 Å². The molecule has 0 aliphatic carbocycles. The number of nitrogens with zero attached hydrogens (tertiary/aromatic N) is 3. The first-order valence-corrected chi connectivity index (χ1v) is 9.41. The molecular weight excluding hydrogens is 360 g/mol. The number of carbonyl (C=O) groups excluding carboxylic acids is 1. The van der Waals surface area contributed by atoms with Gasteiger partial charge in [-0.25, -0.2) is 0 Å². The molecule has 0 unspecified atom stereocenters. The van der Waals surface area contributed by atoms with E-state index in [4.69, 9.17) is 11.6 Å². The molecule has 2 aromatic carbocycles. The molecule has 1 aliphatic heterocycles. The number of benzene rings is 2.